The number of aromatic hydroxyl groups is 1. The summed E-state index contributed by atoms with van der Waals surface area (Å²) in [6.07, 6.45) is -16.2. The van der Waals surface area contributed by atoms with Crippen LogP contribution in [0.2, 0.25) is 0 Å². The van der Waals surface area contributed by atoms with Crippen molar-refractivity contribution in [2.75, 3.05) is 19.8 Å². The summed E-state index contributed by atoms with van der Waals surface area (Å²) in [7, 11) is 0. The molecule has 0 aromatic heterocycles. The maximum Gasteiger partial charge on any atom is 0.338 e. The summed E-state index contributed by atoms with van der Waals surface area (Å²) in [5.41, 5.74) is -0.231. The third-order valence-electron chi connectivity index (χ3n) is 5.90. The molecule has 0 amide bonds. The van der Waals surface area contributed by atoms with E-state index in [0.29, 0.717) is 6.42 Å². The lowest BCUT2D eigenvalue weighted by Gasteiger charge is -2.40. The van der Waals surface area contributed by atoms with Gasteiger partial charge in [-0.15, -0.1) is 0 Å². The molecule has 210 valence electrons. The van der Waals surface area contributed by atoms with Crippen LogP contribution in [0.15, 0.2) is 12.1 Å². The largest absolute Gasteiger partial charge is 0.502 e. The Morgan fingerprint density at radius 2 is 1.22 bits per heavy atom. The van der Waals surface area contributed by atoms with Crippen molar-refractivity contribution >= 4 is 5.97 Å². The monoisotopic (exact) mass is 536 g/mol. The first-order chi connectivity index (χ1) is 17.5. The van der Waals surface area contributed by atoms with E-state index in [4.69, 9.17) is 23.7 Å². The van der Waals surface area contributed by atoms with Crippen LogP contribution in [0.25, 0.3) is 0 Å². The Morgan fingerprint density at radius 1 is 0.784 bits per heavy atom. The molecule has 0 spiro atoms. The van der Waals surface area contributed by atoms with Crippen molar-refractivity contribution < 1.29 is 74.4 Å². The van der Waals surface area contributed by atoms with E-state index < -0.39 is 97.8 Å². The maximum absolute atomic E-state index is 12.5. The molecule has 0 radical (unpaired) electrons. The van der Waals surface area contributed by atoms with E-state index in [1.54, 1.807) is 6.92 Å². The van der Waals surface area contributed by atoms with Gasteiger partial charge in [-0.1, -0.05) is 6.92 Å². The SMILES string of the molecule is CCCOC(=O)c1cc(OC2O[C@H](CO)[C@H](O)[C@H](O)[C@H]2O)c(O)c(OC2O[C@H](CO)[C@H](O)[C@H](O)[C@H]2O)c1. The van der Waals surface area contributed by atoms with Crippen LogP contribution in [-0.4, -0.2) is 133 Å². The lowest BCUT2D eigenvalue weighted by Crippen LogP contribution is -2.60. The number of carbonyl (C=O) groups excluding carboxylic acids is 1. The van der Waals surface area contributed by atoms with Gasteiger partial charge in [-0.05, 0) is 18.6 Å². The van der Waals surface area contributed by atoms with Crippen molar-refractivity contribution in [3.63, 3.8) is 0 Å². The van der Waals surface area contributed by atoms with Gasteiger partial charge >= 0.3 is 5.97 Å². The number of rotatable bonds is 9. The molecule has 2 saturated heterocycles. The summed E-state index contributed by atoms with van der Waals surface area (Å²) >= 11 is 0. The molecule has 0 aliphatic carbocycles. The molecule has 1 aromatic carbocycles. The van der Waals surface area contributed by atoms with Gasteiger partial charge in [0.05, 0.1) is 25.4 Å². The minimum absolute atomic E-state index is 0.0471. The number of carbonyl (C=O) groups is 1. The van der Waals surface area contributed by atoms with E-state index in [9.17, 15) is 50.8 Å². The predicted molar refractivity (Wildman–Crippen MR) is 117 cm³/mol. The molecule has 15 heteroatoms. The fourth-order valence-corrected chi connectivity index (χ4v) is 3.74. The van der Waals surface area contributed by atoms with Crippen molar-refractivity contribution in [3.8, 4) is 17.2 Å². The van der Waals surface area contributed by atoms with E-state index in [-0.39, 0.29) is 12.2 Å². The molecule has 2 unspecified atom stereocenters. The van der Waals surface area contributed by atoms with Gasteiger partial charge in [-0.25, -0.2) is 4.79 Å². The zero-order valence-corrected chi connectivity index (χ0v) is 19.7. The molecule has 2 fully saturated rings. The van der Waals surface area contributed by atoms with Gasteiger partial charge in [0.15, 0.2) is 11.5 Å². The lowest BCUT2D eigenvalue weighted by molar-refractivity contribution is -0.279. The Kier molecular flexibility index (Phi) is 9.87. The molecule has 15 nitrogen and oxygen atoms in total. The molecule has 10 atom stereocenters. The molecule has 0 saturated carbocycles. The summed E-state index contributed by atoms with van der Waals surface area (Å²) in [5, 5.41) is 90.0. The topological polar surface area (TPSA) is 245 Å². The zero-order valence-electron chi connectivity index (χ0n) is 19.7. The highest BCUT2D eigenvalue weighted by Crippen LogP contribution is 2.41. The van der Waals surface area contributed by atoms with Crippen LogP contribution in [0.5, 0.6) is 17.2 Å². The van der Waals surface area contributed by atoms with E-state index >= 15 is 0 Å². The van der Waals surface area contributed by atoms with E-state index in [1.165, 1.54) is 0 Å². The van der Waals surface area contributed by atoms with E-state index in [1.807, 2.05) is 0 Å². The van der Waals surface area contributed by atoms with Gasteiger partial charge in [0.1, 0.15) is 48.8 Å². The van der Waals surface area contributed by atoms with Gasteiger partial charge in [0, 0.05) is 0 Å². The normalized spacial score (nSPS) is 36.1. The van der Waals surface area contributed by atoms with Gasteiger partial charge in [0.2, 0.25) is 18.3 Å². The Hall–Kier alpha value is -2.31. The quantitative estimate of drug-likeness (QED) is 0.138. The number of ether oxygens (including phenoxy) is 5. The highest BCUT2D eigenvalue weighted by atomic mass is 16.7. The van der Waals surface area contributed by atoms with E-state index in [2.05, 4.69) is 0 Å². The minimum Gasteiger partial charge on any atom is -0.502 e. The van der Waals surface area contributed by atoms with Crippen LogP contribution < -0.4 is 9.47 Å². The molecule has 2 aliphatic heterocycles. The molecule has 9 N–H and O–H groups in total. The number of aliphatic hydroxyl groups is 8. The zero-order chi connectivity index (χ0) is 27.4. The molecule has 2 aliphatic rings. The Morgan fingerprint density at radius 3 is 1.59 bits per heavy atom. The first kappa shape index (κ1) is 29.2. The molecular weight excluding hydrogens is 504 g/mol. The molecule has 3 rings (SSSR count). The van der Waals surface area contributed by atoms with Crippen molar-refractivity contribution in [1.82, 2.24) is 0 Å². The van der Waals surface area contributed by atoms with Crippen LogP contribution in [0, 0.1) is 0 Å². The third-order valence-corrected chi connectivity index (χ3v) is 5.90. The number of hydrogen-bond acceptors (Lipinski definition) is 15. The lowest BCUT2D eigenvalue weighted by atomic mass is 9.99. The van der Waals surface area contributed by atoms with Crippen molar-refractivity contribution in [2.45, 2.75) is 74.8 Å². The summed E-state index contributed by atoms with van der Waals surface area (Å²) < 4.78 is 26.5. The average Bonchev–Trinajstić information content (AvgIpc) is 2.89. The first-order valence-corrected chi connectivity index (χ1v) is 11.5. The van der Waals surface area contributed by atoms with Crippen LogP contribution >= 0.6 is 0 Å². The molecule has 2 heterocycles. The average molecular weight is 536 g/mol. The third kappa shape index (κ3) is 6.23. The number of esters is 1. The number of aliphatic hydroxyl groups excluding tert-OH is 8. The molecular formula is C22H32O15. The summed E-state index contributed by atoms with van der Waals surface area (Å²) in [5.74, 6) is -2.75. The minimum atomic E-state index is -1.84. The second-order valence-electron chi connectivity index (χ2n) is 8.59. The fourth-order valence-electron chi connectivity index (χ4n) is 3.74. The van der Waals surface area contributed by atoms with Gasteiger partial charge in [0.25, 0.3) is 0 Å². The smallest absolute Gasteiger partial charge is 0.338 e. The van der Waals surface area contributed by atoms with Crippen molar-refractivity contribution in [3.05, 3.63) is 17.7 Å². The predicted octanol–water partition coefficient (Wildman–Crippen LogP) is -3.68. The number of benzene rings is 1. The molecule has 37 heavy (non-hydrogen) atoms. The van der Waals surface area contributed by atoms with Crippen LogP contribution in [0.1, 0.15) is 23.7 Å². The van der Waals surface area contributed by atoms with Crippen molar-refractivity contribution in [2.24, 2.45) is 0 Å². The Balaban J connectivity index is 1.94. The van der Waals surface area contributed by atoms with Crippen molar-refractivity contribution in [1.29, 1.82) is 0 Å². The van der Waals surface area contributed by atoms with Crippen LogP contribution in [-0.2, 0) is 14.2 Å². The maximum atomic E-state index is 12.5. The summed E-state index contributed by atoms with van der Waals surface area (Å²) in [4.78, 5) is 12.5. The second-order valence-corrected chi connectivity index (χ2v) is 8.59. The Bertz CT molecular complexity index is 849. The number of hydrogen-bond donors (Lipinski definition) is 9. The summed E-state index contributed by atoms with van der Waals surface area (Å²) in [6, 6.07) is 2.02. The highest BCUT2D eigenvalue weighted by molar-refractivity contribution is 5.91. The van der Waals surface area contributed by atoms with Crippen LogP contribution in [0.3, 0.4) is 0 Å². The molecule has 0 bridgehead atoms. The van der Waals surface area contributed by atoms with E-state index in [0.717, 1.165) is 12.1 Å². The second kappa shape index (κ2) is 12.5. The standard InChI is InChI=1S/C22H32O15/c1-2-3-33-20(32)8-4-9(34-21-18(30)16(28)14(26)11(6-23)36-21)13(25)10(5-8)35-22-19(31)17(29)15(27)12(7-24)37-22/h4-5,11-12,14-19,21-31H,2-3,6-7H2,1H3/t11-,12-,14+,15+,16+,17+,18-,19-,21?,22?/m1/s1. The highest BCUT2D eigenvalue weighted by Gasteiger charge is 2.46. The number of phenolic OH excluding ortho intramolecular Hbond substituents is 1. The van der Waals surface area contributed by atoms with Gasteiger partial charge < -0.3 is 69.6 Å². The van der Waals surface area contributed by atoms with Gasteiger partial charge in [-0.2, -0.15) is 0 Å². The molecule has 1 aromatic rings. The first-order valence-electron chi connectivity index (χ1n) is 11.5. The Labute approximate surface area is 210 Å². The fraction of sp³-hybridized carbons (Fsp3) is 0.682. The van der Waals surface area contributed by atoms with Crippen LogP contribution in [0.4, 0.5) is 0 Å². The van der Waals surface area contributed by atoms with Gasteiger partial charge in [-0.3, -0.25) is 0 Å². The summed E-state index contributed by atoms with van der Waals surface area (Å²) in [6.45, 7) is 0.314. The number of phenols is 1.